The zero-order chi connectivity index (χ0) is 26.3. The van der Waals surface area contributed by atoms with Crippen molar-refractivity contribution >= 4 is 23.0 Å². The molecule has 3 heterocycles. The van der Waals surface area contributed by atoms with Crippen LogP contribution in [0.4, 0.5) is 24.5 Å². The van der Waals surface area contributed by atoms with Crippen LogP contribution in [0.25, 0.3) is 11.4 Å². The molecule has 2 aromatic carbocycles. The lowest BCUT2D eigenvalue weighted by molar-refractivity contribution is -0.137. The molecule has 2 aromatic heterocycles. The number of rotatable bonds is 5. The molecular formula is C25H23F3N8O. The third-order valence-electron chi connectivity index (χ3n) is 5.83. The highest BCUT2D eigenvalue weighted by Crippen LogP contribution is 2.33. The van der Waals surface area contributed by atoms with Crippen molar-refractivity contribution in [3.8, 4) is 5.69 Å². The van der Waals surface area contributed by atoms with Crippen LogP contribution < -0.4 is 21.3 Å². The van der Waals surface area contributed by atoms with Gasteiger partial charge in [0.15, 0.2) is 0 Å². The molecule has 3 N–H and O–H groups in total. The Hall–Kier alpha value is -4.58. The Morgan fingerprint density at radius 3 is 2.57 bits per heavy atom. The summed E-state index contributed by atoms with van der Waals surface area (Å²) < 4.78 is 43.9. The van der Waals surface area contributed by atoms with Gasteiger partial charge in [-0.2, -0.15) is 18.3 Å². The van der Waals surface area contributed by atoms with E-state index in [0.717, 1.165) is 29.0 Å². The van der Waals surface area contributed by atoms with Crippen molar-refractivity contribution in [1.82, 2.24) is 30.3 Å². The standard InChI is InChI=1S/C25H23F3N8O/c1-15-4-5-17(6-23(15)36-13-22(32-33-36)18-10-30-34(3)12-18)24(37)31-20-7-19(25(26,27)28)8-21(9-20)35-11-16(2)29-14-35/h4-14,32-33H,1-3H3,(H,31,37). The van der Waals surface area contributed by atoms with Gasteiger partial charge in [-0.05, 0) is 49.7 Å². The monoisotopic (exact) mass is 508 g/mol. The van der Waals surface area contributed by atoms with Crippen molar-refractivity contribution in [2.24, 2.45) is 7.05 Å². The Labute approximate surface area is 210 Å². The number of hydrogen-bond acceptors (Lipinski definition) is 6. The van der Waals surface area contributed by atoms with Crippen LogP contribution in [-0.2, 0) is 13.2 Å². The Morgan fingerprint density at radius 1 is 1.08 bits per heavy atom. The van der Waals surface area contributed by atoms with E-state index in [4.69, 9.17) is 0 Å². The number of carbonyl (C=O) groups excluding carboxylic acids is 1. The van der Waals surface area contributed by atoms with E-state index >= 15 is 0 Å². The van der Waals surface area contributed by atoms with Crippen LogP contribution in [0.3, 0.4) is 0 Å². The quantitative estimate of drug-likeness (QED) is 0.372. The number of anilines is 2. The number of hydrogen-bond donors (Lipinski definition) is 3. The van der Waals surface area contributed by atoms with Crippen LogP contribution in [-0.4, -0.2) is 25.2 Å². The lowest BCUT2D eigenvalue weighted by Gasteiger charge is -2.19. The zero-order valence-corrected chi connectivity index (χ0v) is 20.1. The lowest BCUT2D eigenvalue weighted by Crippen LogP contribution is -2.36. The summed E-state index contributed by atoms with van der Waals surface area (Å²) in [6.07, 6.45) is 3.84. The molecule has 1 aliphatic heterocycles. The van der Waals surface area contributed by atoms with Gasteiger partial charge in [0.05, 0.1) is 35.2 Å². The van der Waals surface area contributed by atoms with Gasteiger partial charge in [-0.25, -0.2) is 4.98 Å². The van der Waals surface area contributed by atoms with Gasteiger partial charge in [0.2, 0.25) is 0 Å². The molecule has 0 saturated heterocycles. The fourth-order valence-electron chi connectivity index (χ4n) is 3.92. The van der Waals surface area contributed by atoms with Crippen molar-refractivity contribution in [2.45, 2.75) is 20.0 Å². The predicted molar refractivity (Wildman–Crippen MR) is 132 cm³/mol. The Kier molecular flexibility index (Phi) is 5.96. The number of benzene rings is 2. The lowest BCUT2D eigenvalue weighted by atomic mass is 10.1. The number of alkyl halides is 3. The highest BCUT2D eigenvalue weighted by molar-refractivity contribution is 6.05. The molecule has 1 aliphatic rings. The molecule has 37 heavy (non-hydrogen) atoms. The summed E-state index contributed by atoms with van der Waals surface area (Å²) in [5, 5.41) is 8.49. The molecule has 0 unspecified atom stereocenters. The van der Waals surface area contributed by atoms with Gasteiger partial charge in [0.25, 0.3) is 5.91 Å². The summed E-state index contributed by atoms with van der Waals surface area (Å²) in [6, 6.07) is 8.45. The molecular weight excluding hydrogens is 485 g/mol. The molecule has 0 bridgehead atoms. The average Bonchev–Trinajstić information content (AvgIpc) is 3.59. The summed E-state index contributed by atoms with van der Waals surface area (Å²) in [5.74, 6) is -0.544. The van der Waals surface area contributed by atoms with E-state index in [-0.39, 0.29) is 16.9 Å². The Bertz CT molecular complexity index is 1520. The molecule has 190 valence electrons. The maximum absolute atomic E-state index is 13.6. The number of amides is 1. The van der Waals surface area contributed by atoms with E-state index in [1.807, 2.05) is 26.4 Å². The van der Waals surface area contributed by atoms with E-state index < -0.39 is 17.6 Å². The van der Waals surface area contributed by atoms with Crippen molar-refractivity contribution in [3.63, 3.8) is 0 Å². The largest absolute Gasteiger partial charge is 0.416 e. The van der Waals surface area contributed by atoms with Gasteiger partial charge < -0.3 is 15.3 Å². The van der Waals surface area contributed by atoms with Gasteiger partial charge >= 0.3 is 6.18 Å². The van der Waals surface area contributed by atoms with Crippen LogP contribution in [0.2, 0.25) is 0 Å². The maximum atomic E-state index is 13.6. The van der Waals surface area contributed by atoms with E-state index in [1.54, 1.807) is 47.2 Å². The van der Waals surface area contributed by atoms with Crippen LogP contribution >= 0.6 is 0 Å². The van der Waals surface area contributed by atoms with Crippen molar-refractivity contribution in [1.29, 1.82) is 0 Å². The molecule has 0 radical (unpaired) electrons. The second-order valence-corrected chi connectivity index (χ2v) is 8.70. The van der Waals surface area contributed by atoms with Crippen molar-refractivity contribution in [3.05, 3.63) is 95.5 Å². The number of imidazole rings is 1. The molecule has 5 rings (SSSR count). The van der Waals surface area contributed by atoms with Gasteiger partial charge in [0.1, 0.15) is 0 Å². The first-order valence-electron chi connectivity index (χ1n) is 11.2. The molecule has 0 saturated carbocycles. The predicted octanol–water partition coefficient (Wildman–Crippen LogP) is 4.32. The van der Waals surface area contributed by atoms with Gasteiger partial charge in [-0.1, -0.05) is 6.07 Å². The fraction of sp³-hybridized carbons (Fsp3) is 0.160. The smallest absolute Gasteiger partial charge is 0.322 e. The number of nitrogens with zero attached hydrogens (tertiary/aromatic N) is 5. The average molecular weight is 509 g/mol. The number of hydrazine groups is 2. The van der Waals surface area contributed by atoms with Crippen LogP contribution in [0, 0.1) is 13.8 Å². The molecule has 4 aromatic rings. The van der Waals surface area contributed by atoms with Crippen molar-refractivity contribution < 1.29 is 18.0 Å². The molecule has 0 fully saturated rings. The molecule has 1 amide bonds. The topological polar surface area (TPSA) is 92.0 Å². The van der Waals surface area contributed by atoms with E-state index in [9.17, 15) is 18.0 Å². The number of nitrogens with one attached hydrogen (secondary N) is 3. The summed E-state index contributed by atoms with van der Waals surface area (Å²) >= 11 is 0. The van der Waals surface area contributed by atoms with Gasteiger partial charge in [-0.15, -0.1) is 5.53 Å². The summed E-state index contributed by atoms with van der Waals surface area (Å²) in [6.45, 7) is 3.63. The normalized spacial score (nSPS) is 13.5. The minimum Gasteiger partial charge on any atom is -0.322 e. The Morgan fingerprint density at radius 2 is 1.89 bits per heavy atom. The van der Waals surface area contributed by atoms with Crippen LogP contribution in [0.5, 0.6) is 0 Å². The highest BCUT2D eigenvalue weighted by Gasteiger charge is 2.31. The highest BCUT2D eigenvalue weighted by atomic mass is 19.4. The van der Waals surface area contributed by atoms with E-state index in [1.165, 1.54) is 17.0 Å². The molecule has 12 heteroatoms. The third-order valence-corrected chi connectivity index (χ3v) is 5.83. The summed E-state index contributed by atoms with van der Waals surface area (Å²) in [5.41, 5.74) is 9.63. The van der Waals surface area contributed by atoms with Crippen LogP contribution in [0.1, 0.15) is 32.7 Å². The number of aromatic nitrogens is 4. The number of halogens is 3. The molecule has 0 spiro atoms. The molecule has 9 nitrogen and oxygen atoms in total. The first-order chi connectivity index (χ1) is 17.6. The van der Waals surface area contributed by atoms with E-state index in [2.05, 4.69) is 26.4 Å². The minimum absolute atomic E-state index is 0.0167. The van der Waals surface area contributed by atoms with Crippen LogP contribution in [0.15, 0.2) is 67.5 Å². The third kappa shape index (κ3) is 5.05. The maximum Gasteiger partial charge on any atom is 0.416 e. The van der Waals surface area contributed by atoms with Gasteiger partial charge in [0, 0.05) is 48.1 Å². The SMILES string of the molecule is Cc1cn(-c2cc(NC(=O)c3ccc(C)c(N4C=C(c5cnn(C)c5)NN4)c3)cc(C(F)(F)F)c2)cn1. The van der Waals surface area contributed by atoms with Gasteiger partial charge in [-0.3, -0.25) is 14.5 Å². The second-order valence-electron chi connectivity index (χ2n) is 8.70. The number of carbonyl (C=O) groups is 1. The van der Waals surface area contributed by atoms with Crippen molar-refractivity contribution in [2.75, 3.05) is 10.3 Å². The minimum atomic E-state index is -4.59. The fourth-order valence-corrected chi connectivity index (χ4v) is 3.92. The summed E-state index contributed by atoms with van der Waals surface area (Å²) in [7, 11) is 1.82. The number of aryl methyl sites for hydroxylation is 3. The van der Waals surface area contributed by atoms with E-state index in [0.29, 0.717) is 11.4 Å². The first-order valence-corrected chi connectivity index (χ1v) is 11.2. The first kappa shape index (κ1) is 24.1. The molecule has 0 aliphatic carbocycles. The molecule has 0 atom stereocenters. The second kappa shape index (κ2) is 9.13. The zero-order valence-electron chi connectivity index (χ0n) is 20.1. The summed E-state index contributed by atoms with van der Waals surface area (Å²) in [4.78, 5) is 17.2. The Balaban J connectivity index is 1.42.